The highest BCUT2D eigenvalue weighted by Crippen LogP contribution is 2.36. The lowest BCUT2D eigenvalue weighted by atomic mass is 10.0. The fourth-order valence-electron chi connectivity index (χ4n) is 2.96. The molecule has 0 heterocycles. The topological polar surface area (TPSA) is 55.8 Å². The first-order chi connectivity index (χ1) is 13.2. The first-order valence-corrected chi connectivity index (χ1v) is 9.35. The minimum absolute atomic E-state index is 0.0927. The molecule has 0 bridgehead atoms. The Morgan fingerprint density at radius 3 is 2.37 bits per heavy atom. The van der Waals surface area contributed by atoms with E-state index in [0.717, 1.165) is 24.6 Å². The SMILES string of the molecule is CCCCCCOc1cc(C(=O)Oc2ccccc2)c(O)c2ccccc12. The molecule has 3 rings (SSSR count). The van der Waals surface area contributed by atoms with E-state index < -0.39 is 5.97 Å². The van der Waals surface area contributed by atoms with Crippen LogP contribution < -0.4 is 9.47 Å². The number of benzene rings is 3. The highest BCUT2D eigenvalue weighted by atomic mass is 16.5. The van der Waals surface area contributed by atoms with E-state index in [1.54, 1.807) is 36.4 Å². The second kappa shape index (κ2) is 9.08. The third kappa shape index (κ3) is 4.59. The van der Waals surface area contributed by atoms with Crippen LogP contribution in [-0.4, -0.2) is 17.7 Å². The van der Waals surface area contributed by atoms with Gasteiger partial charge in [0.05, 0.1) is 6.61 Å². The van der Waals surface area contributed by atoms with Crippen LogP contribution in [0.5, 0.6) is 17.2 Å². The third-order valence-electron chi connectivity index (χ3n) is 4.41. The normalized spacial score (nSPS) is 10.7. The largest absolute Gasteiger partial charge is 0.506 e. The second-order valence-electron chi connectivity index (χ2n) is 6.43. The molecule has 3 aromatic carbocycles. The van der Waals surface area contributed by atoms with E-state index in [0.29, 0.717) is 23.5 Å². The summed E-state index contributed by atoms with van der Waals surface area (Å²) in [5, 5.41) is 12.0. The van der Waals surface area contributed by atoms with Crippen LogP contribution in [-0.2, 0) is 0 Å². The molecule has 0 saturated heterocycles. The molecule has 3 aromatic rings. The van der Waals surface area contributed by atoms with Crippen molar-refractivity contribution in [2.75, 3.05) is 6.61 Å². The summed E-state index contributed by atoms with van der Waals surface area (Å²) in [5.74, 6) is 0.308. The van der Waals surface area contributed by atoms with Crippen molar-refractivity contribution < 1.29 is 19.4 Å². The molecule has 0 radical (unpaired) electrons. The van der Waals surface area contributed by atoms with Gasteiger partial charge < -0.3 is 14.6 Å². The Hall–Kier alpha value is -3.01. The van der Waals surface area contributed by atoms with Gasteiger partial charge in [0.1, 0.15) is 22.8 Å². The van der Waals surface area contributed by atoms with Gasteiger partial charge in [-0.1, -0.05) is 68.7 Å². The van der Waals surface area contributed by atoms with Crippen molar-refractivity contribution in [2.24, 2.45) is 0 Å². The highest BCUT2D eigenvalue weighted by Gasteiger charge is 2.19. The number of rotatable bonds is 8. The number of unbranched alkanes of at least 4 members (excludes halogenated alkanes) is 3. The summed E-state index contributed by atoms with van der Waals surface area (Å²) in [6.45, 7) is 2.74. The molecule has 0 spiro atoms. The number of carbonyl (C=O) groups is 1. The summed E-state index contributed by atoms with van der Waals surface area (Å²) in [7, 11) is 0. The summed E-state index contributed by atoms with van der Waals surface area (Å²) in [5.41, 5.74) is 0.0983. The minimum Gasteiger partial charge on any atom is -0.506 e. The monoisotopic (exact) mass is 364 g/mol. The van der Waals surface area contributed by atoms with E-state index in [1.165, 1.54) is 6.42 Å². The van der Waals surface area contributed by atoms with Gasteiger partial charge in [0.15, 0.2) is 0 Å². The molecule has 0 aliphatic rings. The minimum atomic E-state index is -0.611. The Bertz CT molecular complexity index is 903. The maximum atomic E-state index is 12.6. The number of phenols is 1. The van der Waals surface area contributed by atoms with Gasteiger partial charge in [-0.3, -0.25) is 0 Å². The number of ether oxygens (including phenoxy) is 2. The van der Waals surface area contributed by atoms with Gasteiger partial charge in [0, 0.05) is 10.8 Å². The average molecular weight is 364 g/mol. The van der Waals surface area contributed by atoms with Crippen LogP contribution in [0.15, 0.2) is 60.7 Å². The molecule has 4 nitrogen and oxygen atoms in total. The Kier molecular flexibility index (Phi) is 6.31. The van der Waals surface area contributed by atoms with Crippen LogP contribution in [0.2, 0.25) is 0 Å². The number of carbonyl (C=O) groups excluding carboxylic acids is 1. The molecule has 0 saturated carbocycles. The summed E-state index contributed by atoms with van der Waals surface area (Å²) in [6.07, 6.45) is 4.40. The maximum absolute atomic E-state index is 12.6. The number of hydrogen-bond acceptors (Lipinski definition) is 4. The second-order valence-corrected chi connectivity index (χ2v) is 6.43. The molecule has 0 aromatic heterocycles. The number of fused-ring (bicyclic) bond motifs is 1. The number of esters is 1. The molecular formula is C23H24O4. The van der Waals surface area contributed by atoms with Gasteiger partial charge in [-0.05, 0) is 24.6 Å². The number of para-hydroxylation sites is 1. The Balaban J connectivity index is 1.88. The van der Waals surface area contributed by atoms with Crippen LogP contribution in [0.4, 0.5) is 0 Å². The van der Waals surface area contributed by atoms with E-state index in [4.69, 9.17) is 9.47 Å². The molecule has 4 heteroatoms. The van der Waals surface area contributed by atoms with Gasteiger partial charge >= 0.3 is 5.97 Å². The lowest BCUT2D eigenvalue weighted by Crippen LogP contribution is -2.10. The van der Waals surface area contributed by atoms with Gasteiger partial charge in [-0.25, -0.2) is 4.79 Å². The van der Waals surface area contributed by atoms with Crippen molar-refractivity contribution in [2.45, 2.75) is 32.6 Å². The van der Waals surface area contributed by atoms with Crippen molar-refractivity contribution in [1.29, 1.82) is 0 Å². The van der Waals surface area contributed by atoms with E-state index in [1.807, 2.05) is 24.3 Å². The van der Waals surface area contributed by atoms with Gasteiger partial charge in [-0.2, -0.15) is 0 Å². The Labute approximate surface area is 159 Å². The molecule has 140 valence electrons. The van der Waals surface area contributed by atoms with Crippen molar-refractivity contribution in [3.05, 3.63) is 66.2 Å². The zero-order valence-corrected chi connectivity index (χ0v) is 15.5. The van der Waals surface area contributed by atoms with Crippen molar-refractivity contribution in [1.82, 2.24) is 0 Å². The van der Waals surface area contributed by atoms with E-state index >= 15 is 0 Å². The number of phenolic OH excluding ortho intramolecular Hbond substituents is 1. The first kappa shape index (κ1) is 18.8. The third-order valence-corrected chi connectivity index (χ3v) is 4.41. The van der Waals surface area contributed by atoms with Crippen LogP contribution in [0.1, 0.15) is 43.0 Å². The maximum Gasteiger partial charge on any atom is 0.347 e. The zero-order valence-electron chi connectivity index (χ0n) is 15.5. The number of aromatic hydroxyl groups is 1. The van der Waals surface area contributed by atoms with Crippen molar-refractivity contribution >= 4 is 16.7 Å². The van der Waals surface area contributed by atoms with E-state index in [9.17, 15) is 9.90 Å². The van der Waals surface area contributed by atoms with Gasteiger partial charge in [-0.15, -0.1) is 0 Å². The Morgan fingerprint density at radius 1 is 0.926 bits per heavy atom. The summed E-state index contributed by atoms with van der Waals surface area (Å²) in [6, 6.07) is 17.7. The molecule has 0 aliphatic carbocycles. The predicted octanol–water partition coefficient (Wildman–Crippen LogP) is 5.72. The smallest absolute Gasteiger partial charge is 0.347 e. The lowest BCUT2D eigenvalue weighted by molar-refractivity contribution is 0.0731. The molecular weight excluding hydrogens is 340 g/mol. The highest BCUT2D eigenvalue weighted by molar-refractivity contribution is 6.04. The molecule has 0 atom stereocenters. The fourth-order valence-corrected chi connectivity index (χ4v) is 2.96. The van der Waals surface area contributed by atoms with E-state index in [-0.39, 0.29) is 11.3 Å². The van der Waals surface area contributed by atoms with Crippen molar-refractivity contribution in [3.63, 3.8) is 0 Å². The molecule has 0 aliphatic heterocycles. The summed E-state index contributed by atoms with van der Waals surface area (Å²) >= 11 is 0. The molecule has 0 amide bonds. The van der Waals surface area contributed by atoms with Crippen molar-refractivity contribution in [3.8, 4) is 17.2 Å². The number of hydrogen-bond donors (Lipinski definition) is 1. The predicted molar refractivity (Wildman–Crippen MR) is 107 cm³/mol. The molecule has 0 unspecified atom stereocenters. The van der Waals surface area contributed by atoms with Gasteiger partial charge in [0.25, 0.3) is 0 Å². The quantitative estimate of drug-likeness (QED) is 0.315. The summed E-state index contributed by atoms with van der Waals surface area (Å²) in [4.78, 5) is 12.6. The van der Waals surface area contributed by atoms with Crippen LogP contribution >= 0.6 is 0 Å². The zero-order chi connectivity index (χ0) is 19.1. The fraction of sp³-hybridized carbons (Fsp3) is 0.261. The molecule has 0 fully saturated rings. The average Bonchev–Trinajstić information content (AvgIpc) is 2.70. The Morgan fingerprint density at radius 2 is 1.63 bits per heavy atom. The van der Waals surface area contributed by atoms with Gasteiger partial charge in [0.2, 0.25) is 0 Å². The standard InChI is InChI=1S/C23H24O4/c1-2-3-4-10-15-26-21-16-20(22(24)19-14-9-8-13-18(19)21)23(25)27-17-11-6-5-7-12-17/h5-9,11-14,16,24H,2-4,10,15H2,1H3. The molecule has 1 N–H and O–H groups in total. The van der Waals surface area contributed by atoms with Crippen LogP contribution in [0, 0.1) is 0 Å². The lowest BCUT2D eigenvalue weighted by Gasteiger charge is -2.14. The van der Waals surface area contributed by atoms with E-state index in [2.05, 4.69) is 6.92 Å². The first-order valence-electron chi connectivity index (χ1n) is 9.35. The van der Waals surface area contributed by atoms with Crippen LogP contribution in [0.25, 0.3) is 10.8 Å². The van der Waals surface area contributed by atoms with Crippen LogP contribution in [0.3, 0.4) is 0 Å². The summed E-state index contributed by atoms with van der Waals surface area (Å²) < 4.78 is 11.3. The molecule has 27 heavy (non-hydrogen) atoms.